The minimum Gasteiger partial charge on any atom is -0.317 e. The summed E-state index contributed by atoms with van der Waals surface area (Å²) in [6, 6.07) is 5.12. The van der Waals surface area contributed by atoms with Gasteiger partial charge in [0.05, 0.1) is 20.8 Å². The van der Waals surface area contributed by atoms with Crippen molar-refractivity contribution in [1.29, 1.82) is 0 Å². The first kappa shape index (κ1) is 14.0. The SMILES string of the molecule is CCNCCCS(=O)c1ccc(Cl)c(Cl)c1. The van der Waals surface area contributed by atoms with Gasteiger partial charge in [0.2, 0.25) is 0 Å². The second kappa shape index (κ2) is 7.28. The van der Waals surface area contributed by atoms with Gasteiger partial charge in [-0.1, -0.05) is 30.1 Å². The molecule has 0 fully saturated rings. The Morgan fingerprint density at radius 1 is 1.31 bits per heavy atom. The van der Waals surface area contributed by atoms with E-state index in [0.29, 0.717) is 15.8 Å². The first-order valence-corrected chi connectivity index (χ1v) is 7.26. The fourth-order valence-corrected chi connectivity index (χ4v) is 2.72. The van der Waals surface area contributed by atoms with Gasteiger partial charge in [-0.05, 0) is 37.7 Å². The molecule has 16 heavy (non-hydrogen) atoms. The first-order valence-electron chi connectivity index (χ1n) is 5.19. The maximum Gasteiger partial charge on any atom is 0.0604 e. The van der Waals surface area contributed by atoms with E-state index in [1.54, 1.807) is 18.2 Å². The van der Waals surface area contributed by atoms with Gasteiger partial charge >= 0.3 is 0 Å². The summed E-state index contributed by atoms with van der Waals surface area (Å²) in [5.41, 5.74) is 0. The summed E-state index contributed by atoms with van der Waals surface area (Å²) in [5, 5.41) is 4.15. The van der Waals surface area contributed by atoms with Crippen LogP contribution in [0.3, 0.4) is 0 Å². The van der Waals surface area contributed by atoms with Gasteiger partial charge in [-0.25, -0.2) is 0 Å². The molecule has 0 radical (unpaired) electrons. The second-order valence-corrected chi connectivity index (χ2v) is 5.72. The zero-order valence-corrected chi connectivity index (χ0v) is 11.5. The third-order valence-electron chi connectivity index (χ3n) is 2.09. The standard InChI is InChI=1S/C11H15Cl2NOS/c1-2-14-6-3-7-16(15)9-4-5-10(12)11(13)8-9/h4-5,8,14H,2-3,6-7H2,1H3. The van der Waals surface area contributed by atoms with Gasteiger partial charge in [0, 0.05) is 10.6 Å². The zero-order chi connectivity index (χ0) is 12.0. The van der Waals surface area contributed by atoms with Crippen molar-refractivity contribution in [2.75, 3.05) is 18.8 Å². The fourth-order valence-electron chi connectivity index (χ4n) is 1.24. The Balaban J connectivity index is 2.50. The molecule has 0 saturated carbocycles. The maximum atomic E-state index is 11.9. The van der Waals surface area contributed by atoms with Crippen LogP contribution < -0.4 is 5.32 Å². The van der Waals surface area contributed by atoms with Crippen LogP contribution in [0.4, 0.5) is 0 Å². The number of benzene rings is 1. The molecule has 1 aromatic rings. The predicted octanol–water partition coefficient (Wildman–Crippen LogP) is 3.10. The predicted molar refractivity (Wildman–Crippen MR) is 70.9 cm³/mol. The Hall–Kier alpha value is -0.0900. The van der Waals surface area contributed by atoms with Crippen molar-refractivity contribution in [3.63, 3.8) is 0 Å². The lowest BCUT2D eigenvalue weighted by Crippen LogP contribution is -2.16. The summed E-state index contributed by atoms with van der Waals surface area (Å²) in [5.74, 6) is 0.644. The molecule has 0 amide bonds. The second-order valence-electron chi connectivity index (χ2n) is 3.33. The van der Waals surface area contributed by atoms with Crippen LogP contribution in [0.1, 0.15) is 13.3 Å². The molecular weight excluding hydrogens is 265 g/mol. The molecule has 0 spiro atoms. The van der Waals surface area contributed by atoms with Crippen LogP contribution in [0.25, 0.3) is 0 Å². The van der Waals surface area contributed by atoms with E-state index in [9.17, 15) is 4.21 Å². The molecule has 0 saturated heterocycles. The quantitative estimate of drug-likeness (QED) is 0.811. The van der Waals surface area contributed by atoms with Crippen molar-refractivity contribution in [2.24, 2.45) is 0 Å². The average Bonchev–Trinajstić information content (AvgIpc) is 2.28. The molecule has 0 aliphatic rings. The largest absolute Gasteiger partial charge is 0.317 e. The maximum absolute atomic E-state index is 11.9. The van der Waals surface area contributed by atoms with Crippen LogP contribution in [0.15, 0.2) is 23.1 Å². The highest BCUT2D eigenvalue weighted by molar-refractivity contribution is 7.85. The molecule has 1 rings (SSSR count). The van der Waals surface area contributed by atoms with Gasteiger partial charge in [0.1, 0.15) is 0 Å². The Kier molecular flexibility index (Phi) is 6.36. The van der Waals surface area contributed by atoms with Crippen LogP contribution in [0.5, 0.6) is 0 Å². The first-order chi connectivity index (χ1) is 7.65. The summed E-state index contributed by atoms with van der Waals surface area (Å²) in [4.78, 5) is 0.742. The van der Waals surface area contributed by atoms with Gasteiger partial charge in [0.25, 0.3) is 0 Å². The van der Waals surface area contributed by atoms with E-state index < -0.39 is 10.8 Å². The van der Waals surface area contributed by atoms with E-state index in [0.717, 1.165) is 24.4 Å². The van der Waals surface area contributed by atoms with Gasteiger partial charge in [-0.3, -0.25) is 4.21 Å². The molecular formula is C11H15Cl2NOS. The van der Waals surface area contributed by atoms with Crippen molar-refractivity contribution in [2.45, 2.75) is 18.2 Å². The highest BCUT2D eigenvalue weighted by Gasteiger charge is 2.06. The molecule has 1 atom stereocenters. The van der Waals surface area contributed by atoms with Crippen LogP contribution in [-0.4, -0.2) is 23.1 Å². The number of halogens is 2. The molecule has 0 bridgehead atoms. The van der Waals surface area contributed by atoms with Crippen molar-refractivity contribution >= 4 is 34.0 Å². The van der Waals surface area contributed by atoms with Crippen molar-refractivity contribution in [3.8, 4) is 0 Å². The van der Waals surface area contributed by atoms with Gasteiger partial charge in [-0.2, -0.15) is 0 Å². The van der Waals surface area contributed by atoms with Crippen LogP contribution >= 0.6 is 23.2 Å². The lowest BCUT2D eigenvalue weighted by molar-refractivity contribution is 0.670. The monoisotopic (exact) mass is 279 g/mol. The Morgan fingerprint density at radius 3 is 2.69 bits per heavy atom. The summed E-state index contributed by atoms with van der Waals surface area (Å²) in [6.07, 6.45) is 0.890. The summed E-state index contributed by atoms with van der Waals surface area (Å²) < 4.78 is 11.9. The van der Waals surface area contributed by atoms with Crippen LogP contribution in [-0.2, 0) is 10.8 Å². The minimum absolute atomic E-state index is 0.458. The summed E-state index contributed by atoms with van der Waals surface area (Å²) in [7, 11) is -0.989. The zero-order valence-electron chi connectivity index (χ0n) is 9.13. The summed E-state index contributed by atoms with van der Waals surface area (Å²) >= 11 is 11.7. The number of nitrogens with one attached hydrogen (secondary N) is 1. The molecule has 1 aromatic carbocycles. The highest BCUT2D eigenvalue weighted by Crippen LogP contribution is 2.24. The normalized spacial score (nSPS) is 12.7. The topological polar surface area (TPSA) is 29.1 Å². The Morgan fingerprint density at radius 2 is 2.06 bits per heavy atom. The molecule has 0 aliphatic carbocycles. The number of rotatable bonds is 6. The number of hydrogen-bond acceptors (Lipinski definition) is 2. The third-order valence-corrected chi connectivity index (χ3v) is 4.27. The average molecular weight is 280 g/mol. The third kappa shape index (κ3) is 4.42. The molecule has 5 heteroatoms. The molecule has 0 aromatic heterocycles. The van der Waals surface area contributed by atoms with Crippen LogP contribution in [0, 0.1) is 0 Å². The highest BCUT2D eigenvalue weighted by atomic mass is 35.5. The molecule has 1 N–H and O–H groups in total. The lowest BCUT2D eigenvalue weighted by Gasteiger charge is -2.04. The van der Waals surface area contributed by atoms with Gasteiger partial charge in [-0.15, -0.1) is 0 Å². The van der Waals surface area contributed by atoms with E-state index in [2.05, 4.69) is 12.2 Å². The fraction of sp³-hybridized carbons (Fsp3) is 0.455. The molecule has 0 heterocycles. The van der Waals surface area contributed by atoms with Crippen molar-refractivity contribution in [1.82, 2.24) is 5.32 Å². The van der Waals surface area contributed by atoms with E-state index in [-0.39, 0.29) is 0 Å². The van der Waals surface area contributed by atoms with E-state index in [1.165, 1.54) is 0 Å². The Bertz CT molecular complexity index is 371. The van der Waals surface area contributed by atoms with E-state index in [1.807, 2.05) is 0 Å². The van der Waals surface area contributed by atoms with Gasteiger partial charge < -0.3 is 5.32 Å². The van der Waals surface area contributed by atoms with Crippen molar-refractivity contribution < 1.29 is 4.21 Å². The molecule has 90 valence electrons. The molecule has 0 aliphatic heterocycles. The smallest absolute Gasteiger partial charge is 0.0604 e. The molecule has 1 unspecified atom stereocenters. The number of hydrogen-bond donors (Lipinski definition) is 1. The summed E-state index contributed by atoms with van der Waals surface area (Å²) in [6.45, 7) is 3.89. The Labute approximate surface area is 109 Å². The van der Waals surface area contributed by atoms with Crippen LogP contribution in [0.2, 0.25) is 10.0 Å². The van der Waals surface area contributed by atoms with E-state index in [4.69, 9.17) is 23.2 Å². The lowest BCUT2D eigenvalue weighted by atomic mass is 10.4. The molecule has 2 nitrogen and oxygen atoms in total. The van der Waals surface area contributed by atoms with E-state index >= 15 is 0 Å². The minimum atomic E-state index is -0.989. The van der Waals surface area contributed by atoms with Crippen molar-refractivity contribution in [3.05, 3.63) is 28.2 Å². The van der Waals surface area contributed by atoms with Gasteiger partial charge in [0.15, 0.2) is 0 Å².